The average Bonchev–Trinajstić information content (AvgIpc) is 3.82. The van der Waals surface area contributed by atoms with Crippen molar-refractivity contribution in [3.8, 4) is 0 Å². The van der Waals surface area contributed by atoms with Gasteiger partial charge in [0.25, 0.3) is 35.4 Å². The van der Waals surface area contributed by atoms with Crippen molar-refractivity contribution in [2.45, 2.75) is 82.1 Å². The van der Waals surface area contributed by atoms with Crippen LogP contribution in [0.15, 0.2) is 127 Å². The molecule has 274 valence electrons. The minimum atomic E-state index is -0.281. The van der Waals surface area contributed by atoms with Gasteiger partial charge in [-0.3, -0.25) is 28.8 Å². The highest BCUT2D eigenvalue weighted by Gasteiger charge is 2.26. The van der Waals surface area contributed by atoms with Crippen molar-refractivity contribution in [2.75, 3.05) is 14.7 Å². The van der Waals surface area contributed by atoms with Crippen molar-refractivity contribution in [1.82, 2.24) is 0 Å². The summed E-state index contributed by atoms with van der Waals surface area (Å²) < 4.78 is 0. The van der Waals surface area contributed by atoms with Crippen LogP contribution in [-0.4, -0.2) is 35.4 Å². The number of anilines is 3. The highest BCUT2D eigenvalue weighted by atomic mass is 16.2. The van der Waals surface area contributed by atoms with Crippen molar-refractivity contribution < 1.29 is 28.8 Å². The summed E-state index contributed by atoms with van der Waals surface area (Å²) >= 11 is 0. The zero-order valence-electron chi connectivity index (χ0n) is 31.8. The van der Waals surface area contributed by atoms with Crippen LogP contribution < -0.4 is 14.7 Å². The Morgan fingerprint density at radius 2 is 0.451 bits per heavy atom. The minimum Gasteiger partial charge on any atom is -0.269 e. The Morgan fingerprint density at radius 3 is 0.588 bits per heavy atom. The maximum absolute atomic E-state index is 11.2. The van der Waals surface area contributed by atoms with E-state index in [-0.39, 0.29) is 35.4 Å². The number of benzene rings is 3. The number of hydrogen-bond acceptors (Lipinski definition) is 6. The second kappa shape index (κ2) is 29.2. The Morgan fingerprint density at radius 1 is 0.314 bits per heavy atom. The topological polar surface area (TPSA) is 112 Å². The van der Waals surface area contributed by atoms with E-state index < -0.39 is 0 Å². The lowest BCUT2D eigenvalue weighted by atomic mass is 10.3. The summed E-state index contributed by atoms with van der Waals surface area (Å²) in [5.74, 6) is -1.69. The highest BCUT2D eigenvalue weighted by Crippen LogP contribution is 2.19. The highest BCUT2D eigenvalue weighted by molar-refractivity contribution is 6.29. The van der Waals surface area contributed by atoms with Crippen LogP contribution in [0.1, 0.15) is 82.1 Å². The molecule has 6 rings (SSSR count). The lowest BCUT2D eigenvalue weighted by molar-refractivity contribution is -0.121. The maximum Gasteiger partial charge on any atom is 0.258 e. The van der Waals surface area contributed by atoms with Gasteiger partial charge in [0, 0.05) is 36.5 Å². The number of carbonyl (C=O) groups excluding carboxylic acids is 6. The Kier molecular flexibility index (Phi) is 27.2. The molecule has 0 N–H and O–H groups in total. The molecule has 3 aromatic carbocycles. The summed E-state index contributed by atoms with van der Waals surface area (Å²) in [5, 5.41) is 0. The summed E-state index contributed by atoms with van der Waals surface area (Å²) in [4.78, 5) is 70.6. The quantitative estimate of drug-likeness (QED) is 0.252. The molecule has 3 aliphatic heterocycles. The molecule has 0 spiro atoms. The number of nitrogens with zero attached hydrogens (tertiary/aromatic N) is 3. The average molecular weight is 698 g/mol. The smallest absolute Gasteiger partial charge is 0.258 e. The Balaban J connectivity index is 0. The van der Waals surface area contributed by atoms with Gasteiger partial charge in [-0.15, -0.1) is 0 Å². The van der Waals surface area contributed by atoms with Crippen molar-refractivity contribution in [3.63, 3.8) is 0 Å². The third-order valence-electron chi connectivity index (χ3n) is 5.47. The fraction of sp³-hybridized carbons (Fsp3) is 0.286. The van der Waals surface area contributed by atoms with Gasteiger partial charge in [0.15, 0.2) is 0 Å². The zero-order valence-corrected chi connectivity index (χ0v) is 31.8. The van der Waals surface area contributed by atoms with Gasteiger partial charge >= 0.3 is 0 Å². The summed E-state index contributed by atoms with van der Waals surface area (Å²) in [7, 11) is 0. The van der Waals surface area contributed by atoms with Crippen LogP contribution in [0.4, 0.5) is 17.1 Å². The van der Waals surface area contributed by atoms with Gasteiger partial charge in [-0.2, -0.15) is 0 Å². The molecule has 6 amide bonds. The third kappa shape index (κ3) is 16.5. The van der Waals surface area contributed by atoms with Gasteiger partial charge in [-0.05, 0) is 36.4 Å². The number of carbonyl (C=O) groups is 6. The van der Waals surface area contributed by atoms with Gasteiger partial charge in [0.2, 0.25) is 0 Å². The predicted molar refractivity (Wildman–Crippen MR) is 210 cm³/mol. The molecular weight excluding hydrogens is 642 g/mol. The van der Waals surface area contributed by atoms with Crippen molar-refractivity contribution in [2.24, 2.45) is 0 Å². The van der Waals surface area contributed by atoms with E-state index in [0.717, 1.165) is 14.7 Å². The van der Waals surface area contributed by atoms with Crippen LogP contribution in [0, 0.1) is 0 Å². The Bertz CT molecular complexity index is 1310. The molecule has 9 heteroatoms. The summed E-state index contributed by atoms with van der Waals surface area (Å²) in [6, 6.07) is 26.6. The van der Waals surface area contributed by atoms with Gasteiger partial charge in [0.1, 0.15) is 0 Å². The summed E-state index contributed by atoms with van der Waals surface area (Å²) in [6.45, 7) is 20.5. The van der Waals surface area contributed by atoms with E-state index in [1.807, 2.05) is 59.7 Å². The zero-order chi connectivity index (χ0) is 39.2. The van der Waals surface area contributed by atoms with E-state index >= 15 is 0 Å². The number of imide groups is 3. The SMILES string of the molecule is CC.CC.CC.CCC.CCC.O=C1C=CC(=O)N1c1ccccc1.O=C1C=CC(=O)N1c1ccccc1.O=C1C=CC(=O)N1c1ccccc1. The van der Waals surface area contributed by atoms with E-state index in [9.17, 15) is 28.8 Å². The van der Waals surface area contributed by atoms with Crippen molar-refractivity contribution >= 4 is 52.5 Å². The molecule has 3 aliphatic rings. The molecule has 9 nitrogen and oxygen atoms in total. The van der Waals surface area contributed by atoms with Crippen LogP contribution >= 0.6 is 0 Å². The van der Waals surface area contributed by atoms with E-state index in [1.54, 1.807) is 72.8 Å². The normalized spacial score (nSPS) is 12.9. The van der Waals surface area contributed by atoms with Crippen LogP contribution in [0.2, 0.25) is 0 Å². The Hall–Kier alpha value is -5.70. The predicted octanol–water partition coefficient (Wildman–Crippen LogP) is 9.26. The first-order valence-corrected chi connectivity index (χ1v) is 17.5. The van der Waals surface area contributed by atoms with Crippen LogP contribution in [0.3, 0.4) is 0 Å². The second-order valence-electron chi connectivity index (χ2n) is 9.46. The van der Waals surface area contributed by atoms with Crippen LogP contribution in [-0.2, 0) is 28.8 Å². The monoisotopic (exact) mass is 697 g/mol. The minimum absolute atomic E-state index is 0.281. The van der Waals surface area contributed by atoms with Crippen LogP contribution in [0.5, 0.6) is 0 Å². The molecule has 0 aliphatic carbocycles. The fourth-order valence-electron chi connectivity index (χ4n) is 3.70. The van der Waals surface area contributed by atoms with E-state index in [0.29, 0.717) is 17.1 Å². The van der Waals surface area contributed by atoms with E-state index in [2.05, 4.69) is 27.7 Å². The first-order chi connectivity index (χ1) is 24.7. The van der Waals surface area contributed by atoms with Crippen LogP contribution in [0.25, 0.3) is 0 Å². The number of amides is 6. The molecule has 51 heavy (non-hydrogen) atoms. The summed E-state index contributed by atoms with van der Waals surface area (Å²) in [5.41, 5.74) is 1.84. The van der Waals surface area contributed by atoms with E-state index in [4.69, 9.17) is 0 Å². The van der Waals surface area contributed by atoms with Gasteiger partial charge in [0.05, 0.1) is 17.1 Å². The maximum atomic E-state index is 11.2. The molecular formula is C42H55N3O6. The third-order valence-corrected chi connectivity index (χ3v) is 5.47. The lowest BCUT2D eigenvalue weighted by Gasteiger charge is -2.12. The molecule has 0 aromatic heterocycles. The fourth-order valence-corrected chi connectivity index (χ4v) is 3.70. The second-order valence-corrected chi connectivity index (χ2v) is 9.46. The first-order valence-electron chi connectivity index (χ1n) is 17.5. The molecule has 0 atom stereocenters. The first kappa shape index (κ1) is 47.4. The standard InChI is InChI=1S/3C10H7NO2.2C3H8.3C2H6/c3*12-9-6-7-10(13)11(9)8-4-2-1-3-5-8;2*1-3-2;3*1-2/h3*1-7H;2*3H2,1-2H3;3*1-2H3. The number of hydrogen-bond donors (Lipinski definition) is 0. The molecule has 0 saturated heterocycles. The molecule has 0 bridgehead atoms. The van der Waals surface area contributed by atoms with Gasteiger partial charge in [-0.25, -0.2) is 14.7 Å². The molecule has 0 radical (unpaired) electrons. The lowest BCUT2D eigenvalue weighted by Crippen LogP contribution is -2.29. The van der Waals surface area contributed by atoms with E-state index in [1.165, 1.54) is 49.3 Å². The Labute approximate surface area is 305 Å². The van der Waals surface area contributed by atoms with Gasteiger partial charge < -0.3 is 0 Å². The molecule has 3 heterocycles. The summed E-state index contributed by atoms with van der Waals surface area (Å²) in [6.07, 6.45) is 10.1. The van der Waals surface area contributed by atoms with Gasteiger partial charge in [-0.1, -0.05) is 137 Å². The largest absolute Gasteiger partial charge is 0.269 e. The number of rotatable bonds is 3. The number of para-hydroxylation sites is 3. The van der Waals surface area contributed by atoms with Crippen molar-refractivity contribution in [1.29, 1.82) is 0 Å². The van der Waals surface area contributed by atoms with Crippen molar-refractivity contribution in [3.05, 3.63) is 127 Å². The molecule has 0 unspecified atom stereocenters. The molecule has 0 saturated carbocycles. The molecule has 0 fully saturated rings. The molecule has 3 aromatic rings.